The van der Waals surface area contributed by atoms with Crippen LogP contribution in [0.2, 0.25) is 0 Å². The number of nitrogens with zero attached hydrogens (tertiary/aromatic N) is 2. The number of amides is 2. The first-order valence-electron chi connectivity index (χ1n) is 10.5. The van der Waals surface area contributed by atoms with Crippen LogP contribution < -0.4 is 16.2 Å². The van der Waals surface area contributed by atoms with Crippen molar-refractivity contribution in [1.29, 1.82) is 0 Å². The van der Waals surface area contributed by atoms with Gasteiger partial charge in [-0.25, -0.2) is 19.6 Å². The molecule has 174 valence electrons. The third-order valence-corrected chi connectivity index (χ3v) is 4.58. The summed E-state index contributed by atoms with van der Waals surface area (Å²) in [4.78, 5) is 24.0. The van der Waals surface area contributed by atoms with Crippen molar-refractivity contribution in [2.24, 2.45) is 10.2 Å². The van der Waals surface area contributed by atoms with Crippen molar-refractivity contribution in [1.82, 2.24) is 10.9 Å². The van der Waals surface area contributed by atoms with E-state index in [1.165, 1.54) is 36.7 Å². The Bertz CT molecular complexity index is 1150. The van der Waals surface area contributed by atoms with Gasteiger partial charge < -0.3 is 5.32 Å². The van der Waals surface area contributed by atoms with Crippen LogP contribution in [0.15, 0.2) is 83.0 Å². The van der Waals surface area contributed by atoms with E-state index in [0.717, 1.165) is 5.69 Å². The normalized spacial score (nSPS) is 11.0. The Labute approximate surface area is 195 Å². The molecule has 0 unspecified atom stereocenters. The fourth-order valence-electron chi connectivity index (χ4n) is 2.78. The number of rotatable bonds is 10. The van der Waals surface area contributed by atoms with Crippen molar-refractivity contribution in [3.8, 4) is 0 Å². The maximum atomic E-state index is 12.9. The summed E-state index contributed by atoms with van der Waals surface area (Å²) in [7, 11) is 0. The lowest BCUT2D eigenvalue weighted by molar-refractivity contribution is -0.121. The van der Waals surface area contributed by atoms with Crippen LogP contribution in [0, 0.1) is 11.6 Å². The fraction of sp³-hybridized carbons (Fsp3) is 0.120. The molecule has 0 aliphatic rings. The summed E-state index contributed by atoms with van der Waals surface area (Å²) in [6.45, 7) is 0.558. The SMILES string of the molecule is O=C(CCCNc1ccc(C(=O)N/N=C/c2ccc(F)cc2)cc1)N/N=C/c1ccc(F)cc1. The molecule has 0 aliphatic heterocycles. The molecule has 0 bridgehead atoms. The lowest BCUT2D eigenvalue weighted by Gasteiger charge is -2.07. The molecule has 34 heavy (non-hydrogen) atoms. The molecule has 0 saturated carbocycles. The van der Waals surface area contributed by atoms with E-state index >= 15 is 0 Å². The summed E-state index contributed by atoms with van der Waals surface area (Å²) in [6.07, 6.45) is 3.73. The Morgan fingerprint density at radius 2 is 1.26 bits per heavy atom. The Hall–Kier alpha value is -4.40. The van der Waals surface area contributed by atoms with Gasteiger partial charge in [0.2, 0.25) is 5.91 Å². The Morgan fingerprint density at radius 1 is 0.735 bits per heavy atom. The number of benzene rings is 3. The summed E-state index contributed by atoms with van der Waals surface area (Å²) in [6, 6.07) is 18.3. The number of hydrazone groups is 2. The summed E-state index contributed by atoms with van der Waals surface area (Å²) >= 11 is 0. The van der Waals surface area contributed by atoms with Crippen LogP contribution in [-0.4, -0.2) is 30.8 Å². The fourth-order valence-corrected chi connectivity index (χ4v) is 2.78. The third-order valence-electron chi connectivity index (χ3n) is 4.58. The van der Waals surface area contributed by atoms with Crippen molar-refractivity contribution in [2.45, 2.75) is 12.8 Å². The number of anilines is 1. The van der Waals surface area contributed by atoms with Crippen molar-refractivity contribution >= 4 is 29.9 Å². The largest absolute Gasteiger partial charge is 0.385 e. The average Bonchev–Trinajstić information content (AvgIpc) is 2.84. The first-order valence-corrected chi connectivity index (χ1v) is 10.5. The highest BCUT2D eigenvalue weighted by atomic mass is 19.1. The van der Waals surface area contributed by atoms with Gasteiger partial charge in [-0.15, -0.1) is 0 Å². The van der Waals surface area contributed by atoms with Crippen molar-refractivity contribution < 1.29 is 18.4 Å². The van der Waals surface area contributed by atoms with E-state index in [9.17, 15) is 18.4 Å². The molecule has 0 aromatic heterocycles. The zero-order chi connectivity index (χ0) is 24.2. The number of carbonyl (C=O) groups excluding carboxylic acids is 2. The second kappa shape index (κ2) is 12.6. The van der Waals surface area contributed by atoms with E-state index < -0.39 is 0 Å². The number of nitrogens with one attached hydrogen (secondary N) is 3. The van der Waals surface area contributed by atoms with Crippen LogP contribution in [0.3, 0.4) is 0 Å². The summed E-state index contributed by atoms with van der Waals surface area (Å²) in [5.74, 6) is -1.28. The highest BCUT2D eigenvalue weighted by Crippen LogP contribution is 2.10. The van der Waals surface area contributed by atoms with Crippen LogP contribution in [0.25, 0.3) is 0 Å². The standard InChI is InChI=1S/C25H23F2N5O2/c26-21-9-3-18(4-10-21)16-29-31-24(33)2-1-15-28-23-13-7-20(8-14-23)25(34)32-30-17-19-5-11-22(27)12-6-19/h3-14,16-17,28H,1-2,15H2,(H,31,33)(H,32,34)/b29-16+,30-17+. The van der Waals surface area contributed by atoms with Crippen LogP contribution in [0.4, 0.5) is 14.5 Å². The summed E-state index contributed by atoms with van der Waals surface area (Å²) < 4.78 is 25.7. The number of halogens is 2. The summed E-state index contributed by atoms with van der Waals surface area (Å²) in [5, 5.41) is 10.9. The maximum Gasteiger partial charge on any atom is 0.271 e. The van der Waals surface area contributed by atoms with Crippen molar-refractivity contribution in [2.75, 3.05) is 11.9 Å². The minimum Gasteiger partial charge on any atom is -0.385 e. The lowest BCUT2D eigenvalue weighted by atomic mass is 10.2. The Balaban J connectivity index is 1.34. The van der Waals surface area contributed by atoms with Gasteiger partial charge in [0.25, 0.3) is 5.91 Å². The van der Waals surface area contributed by atoms with E-state index in [1.807, 2.05) is 0 Å². The number of hydrogen-bond donors (Lipinski definition) is 3. The van der Waals surface area contributed by atoms with Gasteiger partial charge in [-0.1, -0.05) is 24.3 Å². The molecule has 0 spiro atoms. The first kappa shape index (κ1) is 24.2. The molecule has 3 aromatic rings. The van der Waals surface area contributed by atoms with E-state index in [-0.39, 0.29) is 29.9 Å². The van der Waals surface area contributed by atoms with Gasteiger partial charge in [0.05, 0.1) is 12.4 Å². The minimum absolute atomic E-state index is 0.228. The first-order chi connectivity index (χ1) is 16.5. The lowest BCUT2D eigenvalue weighted by Crippen LogP contribution is -2.18. The van der Waals surface area contributed by atoms with Gasteiger partial charge in [0.15, 0.2) is 0 Å². The molecule has 3 rings (SSSR count). The van der Waals surface area contributed by atoms with Crippen LogP contribution in [-0.2, 0) is 4.79 Å². The van der Waals surface area contributed by atoms with Crippen LogP contribution in [0.1, 0.15) is 34.3 Å². The van der Waals surface area contributed by atoms with E-state index in [2.05, 4.69) is 26.4 Å². The molecule has 0 saturated heterocycles. The van der Waals surface area contributed by atoms with Gasteiger partial charge in [0, 0.05) is 24.2 Å². The van der Waals surface area contributed by atoms with Crippen molar-refractivity contribution in [3.63, 3.8) is 0 Å². The third kappa shape index (κ3) is 8.27. The average molecular weight is 463 g/mol. The number of hydrogen-bond acceptors (Lipinski definition) is 5. The molecule has 0 atom stereocenters. The second-order valence-electron chi connectivity index (χ2n) is 7.20. The molecule has 7 nitrogen and oxygen atoms in total. The highest BCUT2D eigenvalue weighted by molar-refractivity contribution is 5.95. The molecule has 0 heterocycles. The quantitative estimate of drug-likeness (QED) is 0.240. The molecular weight excluding hydrogens is 440 g/mol. The van der Waals surface area contributed by atoms with Gasteiger partial charge >= 0.3 is 0 Å². The molecule has 3 N–H and O–H groups in total. The van der Waals surface area contributed by atoms with Gasteiger partial charge in [0.1, 0.15) is 11.6 Å². The summed E-state index contributed by atoms with van der Waals surface area (Å²) in [5.41, 5.74) is 7.43. The van der Waals surface area contributed by atoms with Crippen molar-refractivity contribution in [3.05, 3.63) is 101 Å². The second-order valence-corrected chi connectivity index (χ2v) is 7.20. The molecule has 0 aliphatic carbocycles. The molecule has 3 aromatic carbocycles. The van der Waals surface area contributed by atoms with Gasteiger partial charge in [-0.2, -0.15) is 10.2 Å². The minimum atomic E-state index is -0.372. The molecule has 0 radical (unpaired) electrons. The molecule has 9 heteroatoms. The predicted octanol–water partition coefficient (Wildman–Crippen LogP) is 4.07. The number of carbonyl (C=O) groups is 2. The van der Waals surface area contributed by atoms with Gasteiger partial charge in [-0.05, 0) is 66.1 Å². The topological polar surface area (TPSA) is 95.0 Å². The molecule has 2 amide bonds. The smallest absolute Gasteiger partial charge is 0.271 e. The molecular formula is C25H23F2N5O2. The van der Waals surface area contributed by atoms with E-state index in [1.54, 1.807) is 48.5 Å². The van der Waals surface area contributed by atoms with E-state index in [0.29, 0.717) is 29.7 Å². The molecule has 0 fully saturated rings. The van der Waals surface area contributed by atoms with Crippen LogP contribution >= 0.6 is 0 Å². The van der Waals surface area contributed by atoms with Crippen LogP contribution in [0.5, 0.6) is 0 Å². The maximum absolute atomic E-state index is 12.9. The monoisotopic (exact) mass is 463 g/mol. The zero-order valence-corrected chi connectivity index (χ0v) is 18.2. The predicted molar refractivity (Wildman–Crippen MR) is 128 cm³/mol. The zero-order valence-electron chi connectivity index (χ0n) is 18.2. The highest BCUT2D eigenvalue weighted by Gasteiger charge is 2.04. The van der Waals surface area contributed by atoms with E-state index in [4.69, 9.17) is 0 Å². The Kier molecular flexibility index (Phi) is 8.98. The van der Waals surface area contributed by atoms with Gasteiger partial charge in [-0.3, -0.25) is 9.59 Å². The Morgan fingerprint density at radius 3 is 1.82 bits per heavy atom.